The maximum absolute atomic E-state index is 8.10. The molecule has 0 bridgehead atoms. The lowest BCUT2D eigenvalue weighted by molar-refractivity contribution is -0.432. The van der Waals surface area contributed by atoms with Crippen molar-refractivity contribution < 1.29 is 14.6 Å². The van der Waals surface area contributed by atoms with Crippen LogP contribution in [0.2, 0.25) is 5.28 Å². The Labute approximate surface area is 118 Å². The van der Waals surface area contributed by atoms with E-state index in [9.17, 15) is 0 Å². The van der Waals surface area contributed by atoms with Gasteiger partial charge < -0.3 is 5.32 Å². The fourth-order valence-electron chi connectivity index (χ4n) is 1.34. The molecule has 1 heterocycles. The lowest BCUT2D eigenvalue weighted by Gasteiger charge is -2.07. The third kappa shape index (κ3) is 4.01. The average Bonchev–Trinajstić information content (AvgIpc) is 2.38. The molecule has 0 amide bonds. The van der Waals surface area contributed by atoms with Crippen LogP contribution in [0.5, 0.6) is 0 Å². The third-order valence-corrected chi connectivity index (χ3v) is 3.08. The second-order valence-electron chi connectivity index (χ2n) is 3.41. The number of halogens is 1. The van der Waals surface area contributed by atoms with Crippen molar-refractivity contribution in [3.63, 3.8) is 0 Å². The summed E-state index contributed by atoms with van der Waals surface area (Å²) < 4.78 is 4.38. The van der Waals surface area contributed by atoms with E-state index in [1.807, 2.05) is 13.0 Å². The molecule has 0 radical (unpaired) electrons. The molecule has 1 aromatic heterocycles. The Bertz CT molecular complexity index is 572. The minimum atomic E-state index is 0.120. The van der Waals surface area contributed by atoms with Crippen LogP contribution in [0.3, 0.4) is 0 Å². The van der Waals surface area contributed by atoms with Crippen LogP contribution >= 0.6 is 23.6 Å². The van der Waals surface area contributed by atoms with Crippen molar-refractivity contribution in [1.29, 1.82) is 0 Å². The van der Waals surface area contributed by atoms with E-state index in [0.29, 0.717) is 5.95 Å². The van der Waals surface area contributed by atoms with Gasteiger partial charge in [-0.1, -0.05) is 5.04 Å². The van der Waals surface area contributed by atoms with Crippen molar-refractivity contribution in [2.45, 2.75) is 11.8 Å². The molecule has 0 spiro atoms. The molecule has 2 N–H and O–H groups in total. The molecule has 0 unspecified atom stereocenters. The average molecular weight is 301 g/mol. The van der Waals surface area contributed by atoms with Gasteiger partial charge >= 0.3 is 0 Å². The highest BCUT2D eigenvalue weighted by Crippen LogP contribution is 2.26. The number of hydrogen-bond donors (Lipinski definition) is 2. The van der Waals surface area contributed by atoms with Crippen LogP contribution in [0.15, 0.2) is 29.4 Å². The molecular weight excluding hydrogens is 292 g/mol. The highest BCUT2D eigenvalue weighted by atomic mass is 35.5. The molecule has 0 saturated carbocycles. The Morgan fingerprint density at radius 3 is 2.89 bits per heavy atom. The molecule has 0 fully saturated rings. The van der Waals surface area contributed by atoms with Crippen molar-refractivity contribution in [2.75, 3.05) is 5.32 Å². The molecular formula is C10H9ClN4O3S. The lowest BCUT2D eigenvalue weighted by atomic mass is 10.2. The molecule has 1 aromatic carbocycles. The van der Waals surface area contributed by atoms with Gasteiger partial charge in [0.05, 0.1) is 12.0 Å². The molecule has 0 atom stereocenters. The first-order chi connectivity index (χ1) is 9.19. The molecule has 9 heteroatoms. The number of nitrogens with zero attached hydrogens (tertiary/aromatic N) is 3. The van der Waals surface area contributed by atoms with Crippen LogP contribution in [0.4, 0.5) is 11.6 Å². The van der Waals surface area contributed by atoms with E-state index in [1.54, 1.807) is 12.1 Å². The highest BCUT2D eigenvalue weighted by Gasteiger charge is 2.04. The van der Waals surface area contributed by atoms with Gasteiger partial charge in [0.1, 0.15) is 6.33 Å². The number of aryl methyl sites for hydroxylation is 1. The van der Waals surface area contributed by atoms with Crippen LogP contribution in [-0.2, 0) is 9.37 Å². The van der Waals surface area contributed by atoms with Crippen molar-refractivity contribution >= 4 is 35.3 Å². The van der Waals surface area contributed by atoms with Crippen molar-refractivity contribution in [1.82, 2.24) is 15.0 Å². The summed E-state index contributed by atoms with van der Waals surface area (Å²) in [5.41, 5.74) is 1.71. The van der Waals surface area contributed by atoms with Gasteiger partial charge in [0.25, 0.3) is 0 Å². The molecule has 0 saturated heterocycles. The summed E-state index contributed by atoms with van der Waals surface area (Å²) in [6.07, 6.45) is 1.32. The van der Waals surface area contributed by atoms with Crippen LogP contribution in [0.1, 0.15) is 5.56 Å². The minimum absolute atomic E-state index is 0.120. The summed E-state index contributed by atoms with van der Waals surface area (Å²) in [5, 5.41) is 14.8. The third-order valence-electron chi connectivity index (χ3n) is 2.13. The van der Waals surface area contributed by atoms with Gasteiger partial charge in [-0.05, 0) is 42.3 Å². The first-order valence-corrected chi connectivity index (χ1v) is 6.18. The Hall–Kier alpha value is -1.45. The van der Waals surface area contributed by atoms with E-state index < -0.39 is 0 Å². The van der Waals surface area contributed by atoms with Gasteiger partial charge in [-0.3, -0.25) is 0 Å². The van der Waals surface area contributed by atoms with Gasteiger partial charge in [0.2, 0.25) is 11.2 Å². The topological polar surface area (TPSA) is 89.4 Å². The van der Waals surface area contributed by atoms with Crippen molar-refractivity contribution in [2.24, 2.45) is 0 Å². The molecule has 2 rings (SSSR count). The van der Waals surface area contributed by atoms with E-state index in [1.165, 1.54) is 6.33 Å². The Morgan fingerprint density at radius 1 is 1.37 bits per heavy atom. The van der Waals surface area contributed by atoms with E-state index in [2.05, 4.69) is 29.6 Å². The second-order valence-corrected chi connectivity index (χ2v) is 4.49. The lowest BCUT2D eigenvalue weighted by Crippen LogP contribution is -1.98. The van der Waals surface area contributed by atoms with Gasteiger partial charge in [0.15, 0.2) is 0 Å². The fourth-order valence-corrected chi connectivity index (χ4v) is 1.88. The summed E-state index contributed by atoms with van der Waals surface area (Å²) >= 11 is 6.57. The molecule has 0 aliphatic carbocycles. The van der Waals surface area contributed by atoms with Gasteiger partial charge in [-0.2, -0.15) is 4.98 Å². The van der Waals surface area contributed by atoms with Crippen LogP contribution < -0.4 is 5.32 Å². The zero-order chi connectivity index (χ0) is 13.7. The van der Waals surface area contributed by atoms with Gasteiger partial charge in [0, 0.05) is 10.6 Å². The number of nitrogens with one attached hydrogen (secondary N) is 1. The molecule has 0 aliphatic rings. The summed E-state index contributed by atoms with van der Waals surface area (Å²) in [6, 6.07) is 5.46. The summed E-state index contributed by atoms with van der Waals surface area (Å²) in [5.74, 6) is 0.356. The van der Waals surface area contributed by atoms with Crippen LogP contribution in [0, 0.1) is 6.92 Å². The smallest absolute Gasteiger partial charge is 0.231 e. The standard InChI is InChI=1S/C10H9ClN4O3S/c1-6-4-7(2-3-8(6)19-18-17-16)14-10-13-5-12-9(11)15-10/h2-5,16H,1H3,(H,12,13,14,15). The highest BCUT2D eigenvalue weighted by molar-refractivity contribution is 7.94. The van der Waals surface area contributed by atoms with Crippen LogP contribution in [0.25, 0.3) is 0 Å². The second kappa shape index (κ2) is 6.64. The fraction of sp³-hybridized carbons (Fsp3) is 0.100. The van der Waals surface area contributed by atoms with Gasteiger partial charge in [-0.25, -0.2) is 15.2 Å². The first kappa shape index (κ1) is 14.0. The van der Waals surface area contributed by atoms with Crippen molar-refractivity contribution in [3.05, 3.63) is 35.4 Å². The molecule has 2 aromatic rings. The Kier molecular flexibility index (Phi) is 4.88. The normalized spacial score (nSPS) is 10.5. The van der Waals surface area contributed by atoms with Gasteiger partial charge in [-0.15, -0.1) is 4.33 Å². The maximum Gasteiger partial charge on any atom is 0.231 e. The first-order valence-electron chi connectivity index (χ1n) is 5.06. The molecule has 19 heavy (non-hydrogen) atoms. The number of rotatable bonds is 5. The predicted octanol–water partition coefficient (Wildman–Crippen LogP) is 3.01. The maximum atomic E-state index is 8.10. The SMILES string of the molecule is Cc1cc(Nc2ncnc(Cl)n2)ccc1SOOO. The predicted molar refractivity (Wildman–Crippen MR) is 70.0 cm³/mol. The Morgan fingerprint density at radius 2 is 2.21 bits per heavy atom. The molecule has 0 aliphatic heterocycles. The number of aromatic nitrogens is 3. The number of hydrogen-bond acceptors (Lipinski definition) is 8. The van der Waals surface area contributed by atoms with E-state index in [4.69, 9.17) is 16.9 Å². The van der Waals surface area contributed by atoms with Crippen molar-refractivity contribution in [3.8, 4) is 0 Å². The summed E-state index contributed by atoms with van der Waals surface area (Å²) in [4.78, 5) is 12.3. The molecule has 7 nitrogen and oxygen atoms in total. The summed E-state index contributed by atoms with van der Waals surface area (Å²) in [6.45, 7) is 1.88. The minimum Gasteiger partial charge on any atom is -0.324 e. The summed E-state index contributed by atoms with van der Waals surface area (Å²) in [7, 11) is 0. The van der Waals surface area contributed by atoms with E-state index in [-0.39, 0.29) is 5.28 Å². The Balaban J connectivity index is 2.11. The zero-order valence-electron chi connectivity index (χ0n) is 9.70. The van der Waals surface area contributed by atoms with E-state index in [0.717, 1.165) is 28.2 Å². The monoisotopic (exact) mass is 300 g/mol. The van der Waals surface area contributed by atoms with E-state index >= 15 is 0 Å². The molecule has 100 valence electrons. The van der Waals surface area contributed by atoms with Crippen LogP contribution in [-0.4, -0.2) is 20.2 Å². The quantitative estimate of drug-likeness (QED) is 0.495. The number of anilines is 2. The largest absolute Gasteiger partial charge is 0.324 e. The number of benzene rings is 1. The zero-order valence-corrected chi connectivity index (χ0v) is 11.3.